The smallest absolute Gasteiger partial charge is 0.232 e. The van der Waals surface area contributed by atoms with Gasteiger partial charge in [0.25, 0.3) is 0 Å². The van der Waals surface area contributed by atoms with Crippen molar-refractivity contribution >= 4 is 5.91 Å². The molecule has 0 spiro atoms. The molecule has 2 aliphatic rings. The fourth-order valence-corrected chi connectivity index (χ4v) is 2.10. The number of rotatable bonds is 1. The summed E-state index contributed by atoms with van der Waals surface area (Å²) in [5, 5.41) is 0. The lowest BCUT2D eigenvalue weighted by atomic mass is 9.99. The van der Waals surface area contributed by atoms with Crippen molar-refractivity contribution in [2.24, 2.45) is 5.92 Å². The van der Waals surface area contributed by atoms with Crippen LogP contribution >= 0.6 is 0 Å². The van der Waals surface area contributed by atoms with E-state index in [1.165, 1.54) is 0 Å². The van der Waals surface area contributed by atoms with E-state index >= 15 is 0 Å². The fourth-order valence-electron chi connectivity index (χ4n) is 2.10. The van der Waals surface area contributed by atoms with Crippen LogP contribution in [0.15, 0.2) is 22.8 Å². The van der Waals surface area contributed by atoms with Crippen LogP contribution in [0, 0.1) is 5.92 Å². The second-order valence-electron chi connectivity index (χ2n) is 3.81. The van der Waals surface area contributed by atoms with Crippen LogP contribution < -0.4 is 0 Å². The second-order valence-corrected chi connectivity index (χ2v) is 3.81. The average Bonchev–Trinajstić information content (AvgIpc) is 2.84. The molecule has 2 saturated heterocycles. The zero-order valence-electron chi connectivity index (χ0n) is 7.84. The summed E-state index contributed by atoms with van der Waals surface area (Å²) >= 11 is 0. The molecule has 3 rings (SSSR count). The van der Waals surface area contributed by atoms with Gasteiger partial charge in [-0.1, -0.05) is 0 Å². The predicted octanol–water partition coefficient (Wildman–Crippen LogP) is 1.16. The van der Waals surface area contributed by atoms with E-state index in [1.807, 2.05) is 19.1 Å². The van der Waals surface area contributed by atoms with Gasteiger partial charge in [-0.25, -0.2) is 0 Å². The first-order chi connectivity index (χ1) is 6.77. The maximum atomic E-state index is 11.4. The van der Waals surface area contributed by atoms with Crippen LogP contribution in [-0.4, -0.2) is 23.6 Å². The first-order valence-electron chi connectivity index (χ1n) is 4.77. The molecule has 3 heterocycles. The molecule has 2 aliphatic heterocycles. The van der Waals surface area contributed by atoms with Gasteiger partial charge in [0.1, 0.15) is 18.1 Å². The molecule has 0 aliphatic carbocycles. The topological polar surface area (TPSA) is 42.7 Å². The van der Waals surface area contributed by atoms with E-state index in [4.69, 9.17) is 9.15 Å². The predicted molar refractivity (Wildman–Crippen MR) is 47.2 cm³/mol. The first-order valence-corrected chi connectivity index (χ1v) is 4.77. The van der Waals surface area contributed by atoms with Crippen molar-refractivity contribution in [1.29, 1.82) is 0 Å². The molecule has 0 N–H and O–H groups in total. The second kappa shape index (κ2) is 2.60. The number of carbonyl (C=O) groups is 1. The maximum Gasteiger partial charge on any atom is 0.232 e. The Morgan fingerprint density at radius 2 is 2.43 bits per heavy atom. The molecule has 4 nitrogen and oxygen atoms in total. The SMILES string of the molecule is C[C@H]1C(=O)N2C[C@H](c3ccco3)O[C@H]12. The summed E-state index contributed by atoms with van der Waals surface area (Å²) in [6.45, 7) is 2.52. The van der Waals surface area contributed by atoms with Crippen LogP contribution in [0.25, 0.3) is 0 Å². The number of furan rings is 1. The number of hydrogen-bond donors (Lipinski definition) is 0. The lowest BCUT2D eigenvalue weighted by Gasteiger charge is -2.38. The third-order valence-electron chi connectivity index (χ3n) is 2.93. The van der Waals surface area contributed by atoms with Crippen molar-refractivity contribution in [3.05, 3.63) is 24.2 Å². The van der Waals surface area contributed by atoms with Crippen molar-refractivity contribution in [2.75, 3.05) is 6.54 Å². The molecule has 0 bridgehead atoms. The summed E-state index contributed by atoms with van der Waals surface area (Å²) in [6, 6.07) is 3.71. The Morgan fingerprint density at radius 1 is 1.57 bits per heavy atom. The zero-order valence-corrected chi connectivity index (χ0v) is 7.84. The number of nitrogens with zero attached hydrogens (tertiary/aromatic N) is 1. The van der Waals surface area contributed by atoms with Crippen LogP contribution in [0.4, 0.5) is 0 Å². The molecule has 1 aromatic heterocycles. The molecule has 3 atom stereocenters. The van der Waals surface area contributed by atoms with E-state index in [2.05, 4.69) is 0 Å². The minimum atomic E-state index is -0.0797. The molecule has 0 radical (unpaired) electrons. The molecular formula is C10H11NO3. The van der Waals surface area contributed by atoms with Crippen LogP contribution in [0.2, 0.25) is 0 Å². The van der Waals surface area contributed by atoms with Gasteiger partial charge in [0, 0.05) is 0 Å². The minimum absolute atomic E-state index is 0.00922. The average molecular weight is 193 g/mol. The summed E-state index contributed by atoms with van der Waals surface area (Å²) < 4.78 is 10.9. The number of carbonyl (C=O) groups excluding carboxylic acids is 1. The highest BCUT2D eigenvalue weighted by atomic mass is 16.5. The van der Waals surface area contributed by atoms with E-state index in [0.717, 1.165) is 5.76 Å². The Morgan fingerprint density at radius 3 is 3.07 bits per heavy atom. The standard InChI is InChI=1S/C10H11NO3/c1-6-9(12)11-5-8(14-10(6)11)7-3-2-4-13-7/h2-4,6,8,10H,5H2,1H3/t6-,8+,10+/m0/s1. The molecule has 4 heteroatoms. The third kappa shape index (κ3) is 0.889. The number of β-lactam (4-membered cyclic amide) rings is 1. The van der Waals surface area contributed by atoms with Gasteiger partial charge < -0.3 is 14.1 Å². The lowest BCUT2D eigenvalue weighted by Crippen LogP contribution is -2.56. The van der Waals surface area contributed by atoms with Gasteiger partial charge >= 0.3 is 0 Å². The lowest BCUT2D eigenvalue weighted by molar-refractivity contribution is -0.170. The number of hydrogen-bond acceptors (Lipinski definition) is 3. The minimum Gasteiger partial charge on any atom is -0.467 e. The molecule has 0 aromatic carbocycles. The van der Waals surface area contributed by atoms with E-state index in [1.54, 1.807) is 11.2 Å². The highest BCUT2D eigenvalue weighted by molar-refractivity contribution is 5.85. The highest BCUT2D eigenvalue weighted by Gasteiger charge is 2.52. The van der Waals surface area contributed by atoms with Gasteiger partial charge in [-0.3, -0.25) is 4.79 Å². The summed E-state index contributed by atoms with van der Waals surface area (Å²) in [4.78, 5) is 13.1. The van der Waals surface area contributed by atoms with E-state index in [-0.39, 0.29) is 24.2 Å². The molecule has 14 heavy (non-hydrogen) atoms. The normalized spacial score (nSPS) is 35.6. The summed E-state index contributed by atoms with van der Waals surface area (Å²) in [5.41, 5.74) is 0. The van der Waals surface area contributed by atoms with E-state index in [9.17, 15) is 4.79 Å². The zero-order chi connectivity index (χ0) is 9.71. The van der Waals surface area contributed by atoms with Crippen LogP contribution in [0.5, 0.6) is 0 Å². The van der Waals surface area contributed by atoms with Gasteiger partial charge in [-0.05, 0) is 19.1 Å². The van der Waals surface area contributed by atoms with Gasteiger partial charge in [0.2, 0.25) is 5.91 Å². The molecule has 1 aromatic rings. The molecule has 0 saturated carbocycles. The van der Waals surface area contributed by atoms with Crippen molar-refractivity contribution < 1.29 is 13.9 Å². The quantitative estimate of drug-likeness (QED) is 0.628. The summed E-state index contributed by atoms with van der Waals surface area (Å²) in [7, 11) is 0. The molecule has 74 valence electrons. The van der Waals surface area contributed by atoms with E-state index < -0.39 is 0 Å². The molecule has 0 unspecified atom stereocenters. The van der Waals surface area contributed by atoms with Gasteiger partial charge in [-0.15, -0.1) is 0 Å². The van der Waals surface area contributed by atoms with Crippen LogP contribution in [0.3, 0.4) is 0 Å². The Bertz CT molecular complexity index is 359. The Hall–Kier alpha value is -1.29. The number of fused-ring (bicyclic) bond motifs is 1. The summed E-state index contributed by atoms with van der Waals surface area (Å²) in [6.07, 6.45) is 1.51. The number of ether oxygens (including phenoxy) is 1. The number of amides is 1. The van der Waals surface area contributed by atoms with Gasteiger partial charge in [0.15, 0.2) is 0 Å². The maximum absolute atomic E-state index is 11.4. The monoisotopic (exact) mass is 193 g/mol. The highest BCUT2D eigenvalue weighted by Crippen LogP contribution is 2.39. The van der Waals surface area contributed by atoms with Crippen LogP contribution in [-0.2, 0) is 9.53 Å². The molecular weight excluding hydrogens is 182 g/mol. The van der Waals surface area contributed by atoms with Crippen molar-refractivity contribution in [1.82, 2.24) is 4.90 Å². The third-order valence-corrected chi connectivity index (χ3v) is 2.93. The van der Waals surface area contributed by atoms with Crippen molar-refractivity contribution in [2.45, 2.75) is 19.3 Å². The van der Waals surface area contributed by atoms with E-state index in [0.29, 0.717) is 6.54 Å². The Labute approximate surface area is 81.4 Å². The van der Waals surface area contributed by atoms with Crippen LogP contribution in [0.1, 0.15) is 18.8 Å². The Balaban J connectivity index is 1.80. The molecule has 2 fully saturated rings. The molecule has 1 amide bonds. The van der Waals surface area contributed by atoms with Crippen molar-refractivity contribution in [3.63, 3.8) is 0 Å². The fraction of sp³-hybridized carbons (Fsp3) is 0.500. The summed E-state index contributed by atoms with van der Waals surface area (Å²) in [5.74, 6) is 0.999. The Kier molecular flexibility index (Phi) is 1.50. The van der Waals surface area contributed by atoms with Crippen molar-refractivity contribution in [3.8, 4) is 0 Å². The first kappa shape index (κ1) is 8.05. The largest absolute Gasteiger partial charge is 0.467 e. The van der Waals surface area contributed by atoms with Gasteiger partial charge in [0.05, 0.1) is 18.7 Å². The van der Waals surface area contributed by atoms with Gasteiger partial charge in [-0.2, -0.15) is 0 Å².